The van der Waals surface area contributed by atoms with Crippen LogP contribution in [0.15, 0.2) is 65.9 Å². The number of hydrazone groups is 1. The normalized spacial score (nSPS) is 11.2. The number of hydrogen-bond donors (Lipinski definition) is 2. The van der Waals surface area contributed by atoms with E-state index < -0.39 is 0 Å². The van der Waals surface area contributed by atoms with Crippen molar-refractivity contribution in [2.45, 2.75) is 19.4 Å². The molecule has 5 heteroatoms. The number of fused-ring (bicyclic) bond motifs is 1. The van der Waals surface area contributed by atoms with Crippen LogP contribution in [0.25, 0.3) is 10.9 Å². The Hall–Kier alpha value is -2.66. The molecule has 0 atom stereocenters. The first-order valence-corrected chi connectivity index (χ1v) is 8.35. The Morgan fingerprint density at radius 3 is 2.67 bits per heavy atom. The van der Waals surface area contributed by atoms with Crippen LogP contribution in [0.4, 0.5) is 0 Å². The molecule has 0 spiro atoms. The van der Waals surface area contributed by atoms with Gasteiger partial charge >= 0.3 is 0 Å². The van der Waals surface area contributed by atoms with Crippen LogP contribution in [0.5, 0.6) is 0 Å². The van der Waals surface area contributed by atoms with Crippen LogP contribution >= 0.6 is 12.2 Å². The van der Waals surface area contributed by atoms with Crippen molar-refractivity contribution in [2.24, 2.45) is 10.8 Å². The fourth-order valence-corrected chi connectivity index (χ4v) is 2.88. The highest BCUT2D eigenvalue weighted by Crippen LogP contribution is 2.20. The van der Waals surface area contributed by atoms with Gasteiger partial charge in [0, 0.05) is 29.2 Å². The summed E-state index contributed by atoms with van der Waals surface area (Å²) in [5.74, 6) is 0. The molecule has 0 radical (unpaired) electrons. The van der Waals surface area contributed by atoms with Crippen molar-refractivity contribution < 1.29 is 0 Å². The molecule has 0 aliphatic carbocycles. The van der Waals surface area contributed by atoms with E-state index in [1.807, 2.05) is 6.07 Å². The average Bonchev–Trinajstić information content (AvgIpc) is 2.94. The number of nitrogens with zero attached hydrogens (tertiary/aromatic N) is 2. The molecule has 4 nitrogen and oxygen atoms in total. The Balaban J connectivity index is 1.75. The lowest BCUT2D eigenvalue weighted by atomic mass is 10.1. The van der Waals surface area contributed by atoms with E-state index in [0.717, 1.165) is 24.9 Å². The van der Waals surface area contributed by atoms with Gasteiger partial charge < -0.3 is 10.3 Å². The monoisotopic (exact) mass is 336 g/mol. The maximum Gasteiger partial charge on any atom is 0.184 e. The summed E-state index contributed by atoms with van der Waals surface area (Å²) in [6, 6.07) is 18.9. The molecule has 122 valence electrons. The van der Waals surface area contributed by atoms with Gasteiger partial charge in [-0.1, -0.05) is 48.5 Å². The van der Waals surface area contributed by atoms with Gasteiger partial charge in [-0.2, -0.15) is 5.10 Å². The highest BCUT2D eigenvalue weighted by Gasteiger charge is 2.06. The largest absolute Gasteiger partial charge is 0.375 e. The van der Waals surface area contributed by atoms with Crippen molar-refractivity contribution in [3.05, 3.63) is 71.9 Å². The van der Waals surface area contributed by atoms with Crippen LogP contribution in [0.3, 0.4) is 0 Å². The van der Waals surface area contributed by atoms with Crippen molar-refractivity contribution in [1.82, 2.24) is 9.99 Å². The SMILES string of the molecule is NC(=S)N/N=C/c1cn(CCCc2ccccc2)c2ccccc12. The second-order valence-corrected chi connectivity index (χ2v) is 6.06. The second-order valence-electron chi connectivity index (χ2n) is 5.62. The number of benzene rings is 2. The van der Waals surface area contributed by atoms with Crippen molar-refractivity contribution in [3.63, 3.8) is 0 Å². The van der Waals surface area contributed by atoms with Gasteiger partial charge in [0.2, 0.25) is 0 Å². The topological polar surface area (TPSA) is 55.3 Å². The third-order valence-corrected chi connectivity index (χ3v) is 4.00. The molecule has 1 heterocycles. The molecule has 1 aromatic heterocycles. The van der Waals surface area contributed by atoms with Crippen LogP contribution in [0, 0.1) is 0 Å². The minimum Gasteiger partial charge on any atom is -0.375 e. The lowest BCUT2D eigenvalue weighted by molar-refractivity contribution is 0.662. The van der Waals surface area contributed by atoms with Crippen LogP contribution in [0.2, 0.25) is 0 Å². The quantitative estimate of drug-likeness (QED) is 0.412. The summed E-state index contributed by atoms with van der Waals surface area (Å²) in [5.41, 5.74) is 11.6. The first-order valence-electron chi connectivity index (χ1n) is 7.94. The molecule has 0 saturated carbocycles. The van der Waals surface area contributed by atoms with Gasteiger partial charge in [0.25, 0.3) is 0 Å². The van der Waals surface area contributed by atoms with E-state index in [0.29, 0.717) is 0 Å². The molecule has 24 heavy (non-hydrogen) atoms. The van der Waals surface area contributed by atoms with Crippen molar-refractivity contribution in [2.75, 3.05) is 0 Å². The van der Waals surface area contributed by atoms with Crippen LogP contribution in [-0.2, 0) is 13.0 Å². The first-order chi connectivity index (χ1) is 11.7. The van der Waals surface area contributed by atoms with Gasteiger partial charge in [0.1, 0.15) is 0 Å². The number of thiocarbonyl (C=S) groups is 1. The number of aromatic nitrogens is 1. The zero-order valence-electron chi connectivity index (χ0n) is 13.4. The van der Waals surface area contributed by atoms with Crippen LogP contribution in [-0.4, -0.2) is 15.9 Å². The summed E-state index contributed by atoms with van der Waals surface area (Å²) in [7, 11) is 0. The number of nitrogens with two attached hydrogens (primary N) is 1. The summed E-state index contributed by atoms with van der Waals surface area (Å²) in [4.78, 5) is 0. The van der Waals surface area contributed by atoms with E-state index in [9.17, 15) is 0 Å². The molecule has 0 saturated heterocycles. The highest BCUT2D eigenvalue weighted by molar-refractivity contribution is 7.80. The Morgan fingerprint density at radius 2 is 1.88 bits per heavy atom. The van der Waals surface area contributed by atoms with E-state index in [1.54, 1.807) is 6.21 Å². The Kier molecular flexibility index (Phi) is 5.23. The minimum absolute atomic E-state index is 0.165. The third kappa shape index (κ3) is 4.00. The van der Waals surface area contributed by atoms with Gasteiger partial charge in [-0.15, -0.1) is 0 Å². The summed E-state index contributed by atoms with van der Waals surface area (Å²) in [5, 5.41) is 5.41. The van der Waals surface area contributed by atoms with E-state index in [-0.39, 0.29) is 5.11 Å². The Bertz CT molecular complexity index is 852. The van der Waals surface area contributed by atoms with E-state index in [4.69, 9.17) is 18.0 Å². The molecule has 2 aromatic carbocycles. The Labute approximate surface area is 147 Å². The second kappa shape index (κ2) is 7.75. The average molecular weight is 336 g/mol. The van der Waals surface area contributed by atoms with Gasteiger partial charge in [0.05, 0.1) is 6.21 Å². The molecule has 0 aliphatic rings. The van der Waals surface area contributed by atoms with E-state index in [1.165, 1.54) is 16.5 Å². The lowest BCUT2D eigenvalue weighted by Crippen LogP contribution is -2.23. The minimum atomic E-state index is 0.165. The number of aryl methyl sites for hydroxylation is 2. The van der Waals surface area contributed by atoms with Crippen LogP contribution < -0.4 is 11.2 Å². The molecule has 3 rings (SSSR count). The number of rotatable bonds is 6. The fourth-order valence-electron chi connectivity index (χ4n) is 2.83. The zero-order chi connectivity index (χ0) is 16.8. The fraction of sp³-hybridized carbons (Fsp3) is 0.158. The number of hydrogen-bond acceptors (Lipinski definition) is 2. The zero-order valence-corrected chi connectivity index (χ0v) is 14.2. The van der Waals surface area contributed by atoms with Gasteiger partial charge in [-0.25, -0.2) is 0 Å². The van der Waals surface area contributed by atoms with E-state index >= 15 is 0 Å². The molecule has 0 amide bonds. The van der Waals surface area contributed by atoms with Gasteiger partial charge in [-0.05, 0) is 36.7 Å². The molecular weight excluding hydrogens is 316 g/mol. The summed E-state index contributed by atoms with van der Waals surface area (Å²) in [6.45, 7) is 0.964. The molecular formula is C19H20N4S. The molecule has 3 N–H and O–H groups in total. The first kappa shape index (κ1) is 16.2. The predicted molar refractivity (Wildman–Crippen MR) is 104 cm³/mol. The molecule has 0 bridgehead atoms. The summed E-state index contributed by atoms with van der Waals surface area (Å²) < 4.78 is 2.28. The maximum atomic E-state index is 5.40. The molecule has 0 unspecified atom stereocenters. The van der Waals surface area contributed by atoms with Crippen molar-refractivity contribution in [3.8, 4) is 0 Å². The third-order valence-electron chi connectivity index (χ3n) is 3.91. The maximum absolute atomic E-state index is 5.40. The number of para-hydroxylation sites is 1. The summed E-state index contributed by atoms with van der Waals surface area (Å²) in [6.07, 6.45) is 6.04. The van der Waals surface area contributed by atoms with Crippen LogP contribution in [0.1, 0.15) is 17.5 Å². The standard InChI is InChI=1S/C19H20N4S/c20-19(24)22-21-13-16-14-23(18-11-5-4-10-17(16)18)12-6-9-15-7-2-1-3-8-15/h1-5,7-8,10-11,13-14H,6,9,12H2,(H3,20,22,24)/b21-13+. The molecule has 0 fully saturated rings. The van der Waals surface area contributed by atoms with Gasteiger partial charge in [0.15, 0.2) is 5.11 Å². The summed E-state index contributed by atoms with van der Waals surface area (Å²) >= 11 is 4.76. The smallest absolute Gasteiger partial charge is 0.184 e. The Morgan fingerprint density at radius 1 is 1.12 bits per heavy atom. The molecule has 3 aromatic rings. The van der Waals surface area contributed by atoms with Crippen molar-refractivity contribution >= 4 is 34.4 Å². The highest BCUT2D eigenvalue weighted by atomic mass is 32.1. The predicted octanol–water partition coefficient (Wildman–Crippen LogP) is 3.44. The number of nitrogens with one attached hydrogen (secondary N) is 1. The molecule has 0 aliphatic heterocycles. The van der Waals surface area contributed by atoms with Gasteiger partial charge in [-0.3, -0.25) is 5.43 Å². The lowest BCUT2D eigenvalue weighted by Gasteiger charge is -2.05. The van der Waals surface area contributed by atoms with E-state index in [2.05, 4.69) is 69.8 Å². The van der Waals surface area contributed by atoms with Crippen molar-refractivity contribution in [1.29, 1.82) is 0 Å².